The van der Waals surface area contributed by atoms with Gasteiger partial charge < -0.3 is 5.32 Å². The second-order valence-corrected chi connectivity index (χ2v) is 8.01. The Morgan fingerprint density at radius 1 is 1.12 bits per heavy atom. The van der Waals surface area contributed by atoms with Crippen LogP contribution in [0.15, 0.2) is 48.5 Å². The van der Waals surface area contributed by atoms with Gasteiger partial charge in [-0.2, -0.15) is 17.0 Å². The van der Waals surface area contributed by atoms with Crippen LogP contribution < -0.4 is 5.32 Å². The van der Waals surface area contributed by atoms with Gasteiger partial charge in [0.25, 0.3) is 5.91 Å². The molecule has 0 aliphatic heterocycles. The molecule has 0 aliphatic rings. The zero-order valence-corrected chi connectivity index (χ0v) is 15.8. The van der Waals surface area contributed by atoms with Crippen LogP contribution in [0, 0.1) is 11.3 Å². The monoisotopic (exact) mass is 352 g/mol. The number of rotatable bonds is 6. The van der Waals surface area contributed by atoms with Gasteiger partial charge in [0.1, 0.15) is 0 Å². The Hall–Kier alpha value is -2.25. The Labute approximate surface area is 154 Å². The lowest BCUT2D eigenvalue weighted by Crippen LogP contribution is -2.25. The molecule has 0 fully saturated rings. The van der Waals surface area contributed by atoms with Crippen molar-refractivity contribution in [2.75, 3.05) is 12.3 Å². The Balaban J connectivity index is 1.76. The van der Waals surface area contributed by atoms with Gasteiger partial charge in [-0.1, -0.05) is 51.1 Å². The molecule has 2 aromatic carbocycles. The number of nitrogens with zero attached hydrogens (tertiary/aromatic N) is 1. The van der Waals surface area contributed by atoms with Crippen molar-refractivity contribution in [2.24, 2.45) is 0 Å². The Kier molecular flexibility index (Phi) is 6.66. The standard InChI is InChI=1S/C21H24N2OS/c1-21(2,3)19-10-8-16(9-11-19)20(24)23-12-13-25-15-18-7-5-4-6-17(18)14-22/h4-11H,12-13,15H2,1-3H3,(H,23,24). The molecule has 0 bridgehead atoms. The second-order valence-electron chi connectivity index (χ2n) is 6.90. The minimum Gasteiger partial charge on any atom is -0.351 e. The van der Waals surface area contributed by atoms with Gasteiger partial charge in [-0.3, -0.25) is 4.79 Å². The van der Waals surface area contributed by atoms with Crippen LogP contribution in [0.25, 0.3) is 0 Å². The van der Waals surface area contributed by atoms with Gasteiger partial charge in [-0.25, -0.2) is 0 Å². The quantitative estimate of drug-likeness (QED) is 0.778. The lowest BCUT2D eigenvalue weighted by Gasteiger charge is -2.19. The van der Waals surface area contributed by atoms with E-state index >= 15 is 0 Å². The molecular formula is C21H24N2OS. The second kappa shape index (κ2) is 8.73. The van der Waals surface area contributed by atoms with Crippen molar-refractivity contribution in [3.05, 3.63) is 70.8 Å². The highest BCUT2D eigenvalue weighted by Crippen LogP contribution is 2.22. The molecule has 0 aliphatic carbocycles. The Bertz CT molecular complexity index is 755. The maximum Gasteiger partial charge on any atom is 0.251 e. The molecule has 4 heteroatoms. The summed E-state index contributed by atoms with van der Waals surface area (Å²) in [6, 6.07) is 17.6. The molecule has 1 N–H and O–H groups in total. The molecule has 0 radical (unpaired) electrons. The highest BCUT2D eigenvalue weighted by atomic mass is 32.2. The third-order valence-electron chi connectivity index (χ3n) is 3.94. The molecule has 0 saturated heterocycles. The van der Waals surface area contributed by atoms with Gasteiger partial charge in [-0.05, 0) is 34.7 Å². The number of carbonyl (C=O) groups is 1. The number of hydrogen-bond acceptors (Lipinski definition) is 3. The summed E-state index contributed by atoms with van der Waals surface area (Å²) in [6.45, 7) is 7.08. The highest BCUT2D eigenvalue weighted by molar-refractivity contribution is 7.98. The largest absolute Gasteiger partial charge is 0.351 e. The molecule has 1 amide bonds. The fraction of sp³-hybridized carbons (Fsp3) is 0.333. The summed E-state index contributed by atoms with van der Waals surface area (Å²) < 4.78 is 0. The summed E-state index contributed by atoms with van der Waals surface area (Å²) in [7, 11) is 0. The number of benzene rings is 2. The van der Waals surface area contributed by atoms with Crippen LogP contribution in [0.2, 0.25) is 0 Å². The van der Waals surface area contributed by atoms with Crippen LogP contribution in [-0.2, 0) is 11.2 Å². The average molecular weight is 353 g/mol. The normalized spacial score (nSPS) is 11.0. The number of carbonyl (C=O) groups excluding carboxylic acids is 1. The van der Waals surface area contributed by atoms with E-state index in [0.29, 0.717) is 12.1 Å². The van der Waals surface area contributed by atoms with E-state index in [4.69, 9.17) is 5.26 Å². The van der Waals surface area contributed by atoms with Crippen LogP contribution in [-0.4, -0.2) is 18.2 Å². The van der Waals surface area contributed by atoms with Gasteiger partial charge in [0, 0.05) is 23.6 Å². The molecule has 0 saturated carbocycles. The molecule has 25 heavy (non-hydrogen) atoms. The Morgan fingerprint density at radius 2 is 1.80 bits per heavy atom. The molecular weight excluding hydrogens is 328 g/mol. The minimum atomic E-state index is -0.0431. The predicted octanol–water partition coefficient (Wildman–Crippen LogP) is 4.52. The molecule has 0 atom stereocenters. The van der Waals surface area contributed by atoms with Crippen molar-refractivity contribution in [1.29, 1.82) is 5.26 Å². The first-order valence-corrected chi connectivity index (χ1v) is 9.52. The summed E-state index contributed by atoms with van der Waals surface area (Å²) in [5.74, 6) is 1.55. The zero-order valence-electron chi connectivity index (χ0n) is 15.0. The molecule has 0 unspecified atom stereocenters. The first-order valence-electron chi connectivity index (χ1n) is 8.36. The fourth-order valence-corrected chi connectivity index (χ4v) is 3.26. The van der Waals surface area contributed by atoms with E-state index in [9.17, 15) is 4.79 Å². The van der Waals surface area contributed by atoms with E-state index in [1.807, 2.05) is 48.5 Å². The molecule has 0 heterocycles. The van der Waals surface area contributed by atoms with Gasteiger partial charge >= 0.3 is 0 Å². The molecule has 130 valence electrons. The smallest absolute Gasteiger partial charge is 0.251 e. The number of thioether (sulfide) groups is 1. The van der Waals surface area contributed by atoms with Crippen molar-refractivity contribution in [2.45, 2.75) is 31.9 Å². The highest BCUT2D eigenvalue weighted by Gasteiger charge is 2.14. The predicted molar refractivity (Wildman–Crippen MR) is 105 cm³/mol. The number of amides is 1. The molecule has 2 aromatic rings. The van der Waals surface area contributed by atoms with E-state index in [1.54, 1.807) is 11.8 Å². The first kappa shape index (κ1) is 19.1. The summed E-state index contributed by atoms with van der Waals surface area (Å²) in [5, 5.41) is 12.0. The van der Waals surface area contributed by atoms with Gasteiger partial charge in [0.05, 0.1) is 11.6 Å². The molecule has 3 nitrogen and oxygen atoms in total. The van der Waals surface area contributed by atoms with Crippen molar-refractivity contribution >= 4 is 17.7 Å². The van der Waals surface area contributed by atoms with E-state index in [2.05, 4.69) is 32.2 Å². The number of nitriles is 1. The Morgan fingerprint density at radius 3 is 2.44 bits per heavy atom. The van der Waals surface area contributed by atoms with Crippen LogP contribution in [0.3, 0.4) is 0 Å². The third kappa shape index (κ3) is 5.65. The lowest BCUT2D eigenvalue weighted by atomic mass is 9.87. The zero-order chi connectivity index (χ0) is 18.3. The maximum absolute atomic E-state index is 12.2. The topological polar surface area (TPSA) is 52.9 Å². The SMILES string of the molecule is CC(C)(C)c1ccc(C(=O)NCCSCc2ccccc2C#N)cc1. The van der Waals surface area contributed by atoms with Crippen LogP contribution >= 0.6 is 11.8 Å². The van der Waals surface area contributed by atoms with Crippen LogP contribution in [0.4, 0.5) is 0 Å². The molecule has 2 rings (SSSR count). The van der Waals surface area contributed by atoms with Crippen molar-refractivity contribution in [3.8, 4) is 6.07 Å². The van der Waals surface area contributed by atoms with Crippen molar-refractivity contribution < 1.29 is 4.79 Å². The summed E-state index contributed by atoms with van der Waals surface area (Å²) in [5.41, 5.74) is 3.76. The van der Waals surface area contributed by atoms with Gasteiger partial charge in [0.15, 0.2) is 0 Å². The summed E-state index contributed by atoms with van der Waals surface area (Å²) in [6.07, 6.45) is 0. The van der Waals surface area contributed by atoms with Crippen molar-refractivity contribution in [3.63, 3.8) is 0 Å². The number of nitrogens with one attached hydrogen (secondary N) is 1. The molecule has 0 aromatic heterocycles. The lowest BCUT2D eigenvalue weighted by molar-refractivity contribution is 0.0956. The molecule has 0 spiro atoms. The van der Waals surface area contributed by atoms with Crippen LogP contribution in [0.5, 0.6) is 0 Å². The van der Waals surface area contributed by atoms with E-state index < -0.39 is 0 Å². The maximum atomic E-state index is 12.2. The number of hydrogen-bond donors (Lipinski definition) is 1. The summed E-state index contributed by atoms with van der Waals surface area (Å²) >= 11 is 1.71. The third-order valence-corrected chi connectivity index (χ3v) is 4.95. The van der Waals surface area contributed by atoms with E-state index in [-0.39, 0.29) is 11.3 Å². The average Bonchev–Trinajstić information content (AvgIpc) is 2.61. The van der Waals surface area contributed by atoms with Gasteiger partial charge in [0.2, 0.25) is 0 Å². The van der Waals surface area contributed by atoms with Gasteiger partial charge in [-0.15, -0.1) is 0 Å². The minimum absolute atomic E-state index is 0.0431. The summed E-state index contributed by atoms with van der Waals surface area (Å²) in [4.78, 5) is 12.2. The fourth-order valence-electron chi connectivity index (χ4n) is 2.40. The van der Waals surface area contributed by atoms with E-state index in [0.717, 1.165) is 22.6 Å². The van der Waals surface area contributed by atoms with E-state index in [1.165, 1.54) is 5.56 Å². The first-order chi connectivity index (χ1) is 11.9. The van der Waals surface area contributed by atoms with Crippen LogP contribution in [0.1, 0.15) is 47.8 Å². The van der Waals surface area contributed by atoms with Crippen molar-refractivity contribution in [1.82, 2.24) is 5.32 Å².